The zero-order valence-electron chi connectivity index (χ0n) is 11.3. The minimum Gasteiger partial charge on any atom is -0.497 e. The zero-order valence-corrected chi connectivity index (χ0v) is 12.2. The lowest BCUT2D eigenvalue weighted by atomic mass is 10.1. The van der Waals surface area contributed by atoms with Crippen molar-refractivity contribution < 1.29 is 27.8 Å². The molecule has 0 saturated carbocycles. The van der Waals surface area contributed by atoms with E-state index < -0.39 is 23.3 Å². The lowest BCUT2D eigenvalue weighted by molar-refractivity contribution is -0.138. The summed E-state index contributed by atoms with van der Waals surface area (Å²) in [5.74, 6) is -0.963. The van der Waals surface area contributed by atoms with Crippen molar-refractivity contribution in [2.75, 3.05) is 7.11 Å². The largest absolute Gasteiger partial charge is 0.497 e. The predicted octanol–water partition coefficient (Wildman–Crippen LogP) is 4.56. The second-order valence-electron chi connectivity index (χ2n) is 4.29. The Labute approximate surface area is 128 Å². The van der Waals surface area contributed by atoms with Gasteiger partial charge in [-0.1, -0.05) is 11.8 Å². The topological polar surface area (TPSA) is 46.5 Å². The SMILES string of the molecule is COc1ccc(Sc2ccc(C(=O)O)c(C(F)(F)F)c2)cc1. The maximum Gasteiger partial charge on any atom is 0.417 e. The highest BCUT2D eigenvalue weighted by molar-refractivity contribution is 7.99. The monoisotopic (exact) mass is 328 g/mol. The van der Waals surface area contributed by atoms with Gasteiger partial charge in [0, 0.05) is 9.79 Å². The number of hydrogen-bond donors (Lipinski definition) is 1. The molecular weight excluding hydrogens is 317 g/mol. The Bertz CT molecular complexity index is 681. The van der Waals surface area contributed by atoms with E-state index in [4.69, 9.17) is 9.84 Å². The van der Waals surface area contributed by atoms with Gasteiger partial charge in [0.2, 0.25) is 0 Å². The standard InChI is InChI=1S/C15H11F3O3S/c1-21-9-2-4-10(5-3-9)22-11-6-7-12(14(19)20)13(8-11)15(16,17)18/h2-8H,1H3,(H,19,20). The van der Waals surface area contributed by atoms with Crippen molar-refractivity contribution in [1.29, 1.82) is 0 Å². The molecule has 0 saturated heterocycles. The van der Waals surface area contributed by atoms with Crippen LogP contribution >= 0.6 is 11.8 Å². The summed E-state index contributed by atoms with van der Waals surface area (Å²) in [6.07, 6.45) is -4.72. The summed E-state index contributed by atoms with van der Waals surface area (Å²) in [5.41, 5.74) is -1.91. The van der Waals surface area contributed by atoms with Gasteiger partial charge >= 0.3 is 12.1 Å². The van der Waals surface area contributed by atoms with Gasteiger partial charge in [0.25, 0.3) is 0 Å². The van der Waals surface area contributed by atoms with Crippen molar-refractivity contribution in [1.82, 2.24) is 0 Å². The maximum absolute atomic E-state index is 12.9. The summed E-state index contributed by atoms with van der Waals surface area (Å²) in [6, 6.07) is 9.98. The van der Waals surface area contributed by atoms with Crippen LogP contribution in [0.2, 0.25) is 0 Å². The number of aromatic carboxylic acids is 1. The van der Waals surface area contributed by atoms with Gasteiger partial charge in [-0.25, -0.2) is 4.79 Å². The van der Waals surface area contributed by atoms with E-state index in [0.717, 1.165) is 28.8 Å². The molecule has 2 aromatic rings. The summed E-state index contributed by atoms with van der Waals surface area (Å²) >= 11 is 1.11. The second-order valence-corrected chi connectivity index (χ2v) is 5.43. The van der Waals surface area contributed by atoms with Crippen LogP contribution in [0.25, 0.3) is 0 Å². The number of benzene rings is 2. The van der Waals surface area contributed by atoms with Gasteiger partial charge in [0.05, 0.1) is 18.2 Å². The van der Waals surface area contributed by atoms with Crippen molar-refractivity contribution in [2.24, 2.45) is 0 Å². The van der Waals surface area contributed by atoms with Crippen LogP contribution in [-0.4, -0.2) is 18.2 Å². The van der Waals surface area contributed by atoms with Gasteiger partial charge in [-0.15, -0.1) is 0 Å². The van der Waals surface area contributed by atoms with E-state index in [-0.39, 0.29) is 0 Å². The number of rotatable bonds is 4. The van der Waals surface area contributed by atoms with E-state index >= 15 is 0 Å². The maximum atomic E-state index is 12.9. The number of hydrogen-bond acceptors (Lipinski definition) is 3. The summed E-state index contributed by atoms with van der Waals surface area (Å²) in [4.78, 5) is 11.9. The summed E-state index contributed by atoms with van der Waals surface area (Å²) in [7, 11) is 1.52. The molecule has 0 aliphatic carbocycles. The molecular formula is C15H11F3O3S. The molecule has 0 aliphatic rings. The summed E-state index contributed by atoms with van der Waals surface area (Å²) in [6.45, 7) is 0. The van der Waals surface area contributed by atoms with Gasteiger partial charge < -0.3 is 9.84 Å². The molecule has 3 nitrogen and oxygen atoms in total. The van der Waals surface area contributed by atoms with Crippen LogP contribution < -0.4 is 4.74 Å². The first-order chi connectivity index (χ1) is 10.3. The Morgan fingerprint density at radius 2 is 1.68 bits per heavy atom. The summed E-state index contributed by atoms with van der Waals surface area (Å²) in [5, 5.41) is 8.85. The quantitative estimate of drug-likeness (QED) is 0.893. The zero-order chi connectivity index (χ0) is 16.3. The molecule has 2 rings (SSSR count). The van der Waals surface area contributed by atoms with Crippen molar-refractivity contribution in [3.05, 3.63) is 53.6 Å². The number of carboxylic acids is 1. The molecule has 7 heteroatoms. The van der Waals surface area contributed by atoms with Crippen LogP contribution in [-0.2, 0) is 6.18 Å². The predicted molar refractivity (Wildman–Crippen MR) is 75.5 cm³/mol. The van der Waals surface area contributed by atoms with E-state index in [0.29, 0.717) is 10.6 Å². The molecule has 0 fully saturated rings. The molecule has 0 bridgehead atoms. The average molecular weight is 328 g/mol. The second kappa shape index (κ2) is 6.31. The van der Waals surface area contributed by atoms with Gasteiger partial charge in [0.15, 0.2) is 0 Å². The van der Waals surface area contributed by atoms with Gasteiger partial charge in [-0.05, 0) is 42.5 Å². The number of carboxylic acid groups (broad SMARTS) is 1. The van der Waals surface area contributed by atoms with E-state index in [1.54, 1.807) is 24.3 Å². The van der Waals surface area contributed by atoms with Crippen LogP contribution in [0.1, 0.15) is 15.9 Å². The van der Waals surface area contributed by atoms with Gasteiger partial charge in [-0.2, -0.15) is 13.2 Å². The van der Waals surface area contributed by atoms with Crippen LogP contribution in [0.4, 0.5) is 13.2 Å². The lowest BCUT2D eigenvalue weighted by Crippen LogP contribution is -2.12. The molecule has 1 N–H and O–H groups in total. The lowest BCUT2D eigenvalue weighted by Gasteiger charge is -2.12. The first-order valence-corrected chi connectivity index (χ1v) is 6.89. The molecule has 0 unspecified atom stereocenters. The minimum atomic E-state index is -4.72. The summed E-state index contributed by atoms with van der Waals surface area (Å²) < 4.78 is 43.8. The first kappa shape index (κ1) is 16.2. The van der Waals surface area contributed by atoms with Gasteiger partial charge in [0.1, 0.15) is 5.75 Å². The van der Waals surface area contributed by atoms with Crippen LogP contribution in [0, 0.1) is 0 Å². The Balaban J connectivity index is 2.33. The fraction of sp³-hybridized carbons (Fsp3) is 0.133. The molecule has 0 heterocycles. The first-order valence-electron chi connectivity index (χ1n) is 6.07. The van der Waals surface area contributed by atoms with E-state index in [1.165, 1.54) is 13.2 Å². The normalized spacial score (nSPS) is 11.3. The van der Waals surface area contributed by atoms with E-state index in [9.17, 15) is 18.0 Å². The molecule has 0 amide bonds. The third-order valence-corrected chi connectivity index (χ3v) is 3.82. The van der Waals surface area contributed by atoms with Crippen molar-refractivity contribution in [3.8, 4) is 5.75 Å². The van der Waals surface area contributed by atoms with E-state index in [2.05, 4.69) is 0 Å². The van der Waals surface area contributed by atoms with Gasteiger partial charge in [-0.3, -0.25) is 0 Å². The number of ether oxygens (including phenoxy) is 1. The number of halogens is 3. The number of carbonyl (C=O) groups is 1. The highest BCUT2D eigenvalue weighted by Gasteiger charge is 2.35. The number of methoxy groups -OCH3 is 1. The van der Waals surface area contributed by atoms with E-state index in [1.807, 2.05) is 0 Å². The Hall–Kier alpha value is -2.15. The highest BCUT2D eigenvalue weighted by atomic mass is 32.2. The Morgan fingerprint density at radius 3 is 2.18 bits per heavy atom. The fourth-order valence-corrected chi connectivity index (χ4v) is 2.64. The molecule has 0 aromatic heterocycles. The highest BCUT2D eigenvalue weighted by Crippen LogP contribution is 2.37. The third kappa shape index (κ3) is 3.73. The molecule has 0 spiro atoms. The molecule has 22 heavy (non-hydrogen) atoms. The fourth-order valence-electron chi connectivity index (χ4n) is 1.79. The molecule has 0 atom stereocenters. The molecule has 116 valence electrons. The van der Waals surface area contributed by atoms with Crippen LogP contribution in [0.5, 0.6) is 5.75 Å². The third-order valence-electron chi connectivity index (χ3n) is 2.82. The average Bonchev–Trinajstić information content (AvgIpc) is 2.47. The minimum absolute atomic E-state index is 0.308. The van der Waals surface area contributed by atoms with Crippen LogP contribution in [0.15, 0.2) is 52.3 Å². The van der Waals surface area contributed by atoms with Crippen LogP contribution in [0.3, 0.4) is 0 Å². The van der Waals surface area contributed by atoms with Crippen molar-refractivity contribution in [3.63, 3.8) is 0 Å². The van der Waals surface area contributed by atoms with Crippen molar-refractivity contribution >= 4 is 17.7 Å². The number of alkyl halides is 3. The smallest absolute Gasteiger partial charge is 0.417 e. The Morgan fingerprint density at radius 1 is 1.09 bits per heavy atom. The Kier molecular flexibility index (Phi) is 4.65. The van der Waals surface area contributed by atoms with Crippen molar-refractivity contribution in [2.45, 2.75) is 16.0 Å². The molecule has 2 aromatic carbocycles. The molecule has 0 aliphatic heterocycles. The molecule has 0 radical (unpaired) electrons.